The molecule has 0 aliphatic heterocycles. The maximum Gasteiger partial charge on any atom is 0.358 e. The Morgan fingerprint density at radius 1 is 1.69 bits per heavy atom. The summed E-state index contributed by atoms with van der Waals surface area (Å²) >= 11 is 0. The van der Waals surface area contributed by atoms with Crippen molar-refractivity contribution in [1.82, 2.24) is 10.2 Å². The summed E-state index contributed by atoms with van der Waals surface area (Å²) in [5, 5.41) is 16.2. The maximum atomic E-state index is 11.1. The van der Waals surface area contributed by atoms with Crippen LogP contribution in [-0.2, 0) is 9.84 Å². The number of hydrogen-bond donors (Lipinski definition) is 1. The van der Waals surface area contributed by atoms with Crippen LogP contribution in [0.1, 0.15) is 30.3 Å². The number of H-pyrrole nitrogens is 1. The van der Waals surface area contributed by atoms with Gasteiger partial charge in [-0.1, -0.05) is 13.3 Å². The Morgan fingerprint density at radius 2 is 2.46 bits per heavy atom. The molecule has 1 aromatic heterocycles. The van der Waals surface area contributed by atoms with Crippen LogP contribution in [0.4, 0.5) is 0 Å². The van der Waals surface area contributed by atoms with Gasteiger partial charge in [0.15, 0.2) is 5.69 Å². The van der Waals surface area contributed by atoms with Gasteiger partial charge in [0.1, 0.15) is 0 Å². The number of rotatable bonds is 4. The number of unbranched alkanes of at least 4 members (excludes halogenated alkanes) is 1. The van der Waals surface area contributed by atoms with E-state index >= 15 is 0 Å². The second kappa shape index (κ2) is 4.49. The van der Waals surface area contributed by atoms with Gasteiger partial charge >= 0.3 is 5.97 Å². The molecule has 71 valence electrons. The summed E-state index contributed by atoms with van der Waals surface area (Å²) in [7, 11) is 0. The Bertz CT molecular complexity index is 283. The molecule has 0 unspecified atom stereocenters. The fourth-order valence-corrected chi connectivity index (χ4v) is 0.792. The predicted octanol–water partition coefficient (Wildman–Crippen LogP) is 1.51. The minimum absolute atomic E-state index is 0.0427. The van der Waals surface area contributed by atoms with Crippen LogP contribution in [0.5, 0.6) is 5.88 Å². The fraction of sp³-hybridized carbons (Fsp3) is 0.500. The third-order valence-corrected chi connectivity index (χ3v) is 1.49. The average Bonchev–Trinajstić information content (AvgIpc) is 2.52. The number of carbonyl (C=O) groups excluding carboxylic acids is 1. The fourth-order valence-electron chi connectivity index (χ4n) is 0.792. The molecule has 0 fully saturated rings. The number of nitrogens with zero attached hydrogens (tertiary/aromatic N) is 1. The van der Waals surface area contributed by atoms with E-state index in [1.54, 1.807) is 0 Å². The van der Waals surface area contributed by atoms with Crippen molar-refractivity contribution in [2.75, 3.05) is 6.61 Å². The quantitative estimate of drug-likeness (QED) is 0.567. The molecule has 0 saturated heterocycles. The third kappa shape index (κ3) is 2.77. The highest BCUT2D eigenvalue weighted by Crippen LogP contribution is 2.07. The van der Waals surface area contributed by atoms with Crippen molar-refractivity contribution in [1.29, 1.82) is 0 Å². The molecule has 5 heteroatoms. The Balaban J connectivity index is 2.40. The molecular weight excluding hydrogens is 172 g/mol. The van der Waals surface area contributed by atoms with Crippen LogP contribution in [0.25, 0.3) is 0 Å². The van der Waals surface area contributed by atoms with Gasteiger partial charge in [-0.3, -0.25) is 5.11 Å². The van der Waals surface area contributed by atoms with E-state index in [1.807, 2.05) is 6.92 Å². The van der Waals surface area contributed by atoms with Crippen LogP contribution in [0, 0.1) is 0 Å². The van der Waals surface area contributed by atoms with Crippen LogP contribution in [0.3, 0.4) is 0 Å². The van der Waals surface area contributed by atoms with E-state index in [1.165, 1.54) is 0 Å². The molecule has 0 amide bonds. The van der Waals surface area contributed by atoms with E-state index in [-0.39, 0.29) is 11.6 Å². The molecule has 1 radical (unpaired) electrons. The first-order chi connectivity index (χ1) is 6.24. The highest BCUT2D eigenvalue weighted by molar-refractivity contribution is 5.87. The maximum absolute atomic E-state index is 11.1. The first kappa shape index (κ1) is 9.57. The van der Waals surface area contributed by atoms with Crippen molar-refractivity contribution in [2.45, 2.75) is 19.8 Å². The first-order valence-corrected chi connectivity index (χ1v) is 4.13. The van der Waals surface area contributed by atoms with E-state index in [4.69, 9.17) is 4.74 Å². The second-order valence-corrected chi connectivity index (χ2v) is 2.61. The van der Waals surface area contributed by atoms with E-state index in [9.17, 15) is 9.90 Å². The zero-order valence-corrected chi connectivity index (χ0v) is 7.37. The number of aromatic amines is 1. The van der Waals surface area contributed by atoms with E-state index in [0.29, 0.717) is 6.61 Å². The number of carbonyl (C=O) groups is 1. The summed E-state index contributed by atoms with van der Waals surface area (Å²) in [4.78, 5) is 11.1. The monoisotopic (exact) mass is 183 g/mol. The van der Waals surface area contributed by atoms with Gasteiger partial charge in [-0.05, 0) is 6.42 Å². The highest BCUT2D eigenvalue weighted by Gasteiger charge is 2.11. The van der Waals surface area contributed by atoms with Gasteiger partial charge in [-0.15, -0.1) is 0 Å². The first-order valence-electron chi connectivity index (χ1n) is 4.13. The molecule has 0 spiro atoms. The molecular formula is C8H11N2O3. The van der Waals surface area contributed by atoms with Gasteiger partial charge in [-0.2, -0.15) is 5.10 Å². The van der Waals surface area contributed by atoms with Crippen molar-refractivity contribution in [3.63, 3.8) is 0 Å². The molecule has 0 aliphatic rings. The van der Waals surface area contributed by atoms with Crippen molar-refractivity contribution in [3.05, 3.63) is 11.8 Å². The summed E-state index contributed by atoms with van der Waals surface area (Å²) in [5.74, 6) is -0.936. The smallest absolute Gasteiger partial charge is 0.358 e. The summed E-state index contributed by atoms with van der Waals surface area (Å²) in [6, 6.07) is 1.12. The van der Waals surface area contributed by atoms with Crippen LogP contribution >= 0.6 is 0 Å². The third-order valence-electron chi connectivity index (χ3n) is 1.49. The average molecular weight is 183 g/mol. The molecule has 0 aromatic carbocycles. The zero-order chi connectivity index (χ0) is 9.68. The van der Waals surface area contributed by atoms with E-state index in [2.05, 4.69) is 10.2 Å². The van der Waals surface area contributed by atoms with Crippen molar-refractivity contribution < 1.29 is 14.6 Å². The van der Waals surface area contributed by atoms with Crippen molar-refractivity contribution in [2.24, 2.45) is 0 Å². The Labute approximate surface area is 75.7 Å². The number of nitrogens with one attached hydrogen (secondary N) is 1. The molecule has 1 rings (SSSR count). The summed E-state index contributed by atoms with van der Waals surface area (Å²) in [6.45, 7) is 2.37. The second-order valence-electron chi connectivity index (χ2n) is 2.61. The van der Waals surface area contributed by atoms with Crippen LogP contribution in [0.2, 0.25) is 0 Å². The van der Waals surface area contributed by atoms with Gasteiger partial charge in [0.05, 0.1) is 6.61 Å². The SMILES string of the molecule is CCCCOC(=O)c1cc([O])[nH]n1. The van der Waals surface area contributed by atoms with Crippen LogP contribution in [-0.4, -0.2) is 22.8 Å². The lowest BCUT2D eigenvalue weighted by atomic mass is 10.3. The molecule has 0 aliphatic carbocycles. The molecule has 1 heterocycles. The Morgan fingerprint density at radius 3 is 3.00 bits per heavy atom. The lowest BCUT2D eigenvalue weighted by molar-refractivity contribution is 0.0492. The molecule has 13 heavy (non-hydrogen) atoms. The Kier molecular flexibility index (Phi) is 3.31. The van der Waals surface area contributed by atoms with E-state index in [0.717, 1.165) is 18.9 Å². The number of esters is 1. The van der Waals surface area contributed by atoms with Crippen LogP contribution < -0.4 is 0 Å². The largest absolute Gasteiger partial charge is 0.461 e. The van der Waals surface area contributed by atoms with Gasteiger partial charge in [0.2, 0.25) is 0 Å². The minimum atomic E-state index is -0.549. The molecule has 0 bridgehead atoms. The highest BCUT2D eigenvalue weighted by atomic mass is 16.5. The van der Waals surface area contributed by atoms with E-state index < -0.39 is 5.97 Å². The lowest BCUT2D eigenvalue weighted by Gasteiger charge is -1.99. The summed E-state index contributed by atoms with van der Waals surface area (Å²) in [5.41, 5.74) is 0.0427. The van der Waals surface area contributed by atoms with Crippen molar-refractivity contribution in [3.8, 4) is 5.88 Å². The molecule has 1 N–H and O–H groups in total. The summed E-state index contributed by atoms with van der Waals surface area (Å²) in [6.07, 6.45) is 1.78. The van der Waals surface area contributed by atoms with Gasteiger partial charge in [0, 0.05) is 6.07 Å². The van der Waals surface area contributed by atoms with Gasteiger partial charge in [0.25, 0.3) is 5.88 Å². The van der Waals surface area contributed by atoms with Gasteiger partial charge in [-0.25, -0.2) is 9.89 Å². The molecule has 1 aromatic rings. The molecule has 0 atom stereocenters. The number of aromatic nitrogens is 2. The van der Waals surface area contributed by atoms with Crippen LogP contribution in [0.15, 0.2) is 6.07 Å². The standard InChI is InChI=1S/C8H11N2O3/c1-2-3-4-13-8(12)6-5-7(11)10-9-6/h5H,2-4H2,1H3,(H,9,10). The lowest BCUT2D eigenvalue weighted by Crippen LogP contribution is -2.06. The van der Waals surface area contributed by atoms with Gasteiger partial charge < -0.3 is 4.74 Å². The summed E-state index contributed by atoms with van der Waals surface area (Å²) < 4.78 is 4.82. The minimum Gasteiger partial charge on any atom is -0.461 e. The molecule has 0 saturated carbocycles. The topological polar surface area (TPSA) is 74.9 Å². The predicted molar refractivity (Wildman–Crippen MR) is 43.9 cm³/mol. The number of hydrogen-bond acceptors (Lipinski definition) is 3. The normalized spacial score (nSPS) is 9.92. The Hall–Kier alpha value is -1.52. The zero-order valence-electron chi connectivity index (χ0n) is 7.37. The van der Waals surface area contributed by atoms with Crippen molar-refractivity contribution >= 4 is 5.97 Å². The number of ether oxygens (including phenoxy) is 1. The molecule has 5 nitrogen and oxygen atoms in total.